The average molecular weight is 198 g/mol. The lowest BCUT2D eigenvalue weighted by Gasteiger charge is -2.35. The Morgan fingerprint density at radius 3 is 2.50 bits per heavy atom. The van der Waals surface area contributed by atoms with Gasteiger partial charge in [0.2, 0.25) is 5.91 Å². The smallest absolute Gasteiger partial charge is 0.237 e. The molecule has 0 aromatic carbocycles. The third-order valence-electron chi connectivity index (χ3n) is 3.16. The van der Waals surface area contributed by atoms with Crippen LogP contribution in [-0.2, 0) is 4.79 Å². The van der Waals surface area contributed by atoms with Crippen molar-refractivity contribution in [2.45, 2.75) is 64.0 Å². The lowest BCUT2D eigenvalue weighted by molar-refractivity contribution is -0.124. The van der Waals surface area contributed by atoms with E-state index in [1.807, 2.05) is 6.92 Å². The van der Waals surface area contributed by atoms with Gasteiger partial charge in [0.25, 0.3) is 0 Å². The third-order valence-corrected chi connectivity index (χ3v) is 3.16. The molecule has 1 atom stereocenters. The summed E-state index contributed by atoms with van der Waals surface area (Å²) in [5.74, 6) is 0.0110. The van der Waals surface area contributed by atoms with Crippen LogP contribution in [0, 0.1) is 0 Å². The second kappa shape index (κ2) is 4.78. The molecule has 0 aromatic heterocycles. The van der Waals surface area contributed by atoms with Crippen molar-refractivity contribution >= 4 is 5.91 Å². The summed E-state index contributed by atoms with van der Waals surface area (Å²) < 4.78 is 0. The minimum Gasteiger partial charge on any atom is -0.350 e. The van der Waals surface area contributed by atoms with Crippen LogP contribution in [0.2, 0.25) is 0 Å². The lowest BCUT2D eigenvalue weighted by atomic mass is 9.83. The summed E-state index contributed by atoms with van der Waals surface area (Å²) in [6.07, 6.45) is 6.63. The van der Waals surface area contributed by atoms with Gasteiger partial charge in [0.15, 0.2) is 0 Å². The van der Waals surface area contributed by atoms with Gasteiger partial charge < -0.3 is 11.1 Å². The van der Waals surface area contributed by atoms with Crippen molar-refractivity contribution < 1.29 is 4.79 Å². The number of amides is 1. The third kappa shape index (κ3) is 2.98. The summed E-state index contributed by atoms with van der Waals surface area (Å²) in [5.41, 5.74) is 5.68. The highest BCUT2D eigenvalue weighted by Gasteiger charge is 2.29. The fourth-order valence-electron chi connectivity index (χ4n) is 2.03. The summed E-state index contributed by atoms with van der Waals surface area (Å²) in [6.45, 7) is 4.07. The van der Waals surface area contributed by atoms with E-state index in [0.717, 1.165) is 12.8 Å². The first-order valence-electron chi connectivity index (χ1n) is 5.65. The summed E-state index contributed by atoms with van der Waals surface area (Å²) in [4.78, 5) is 11.6. The van der Waals surface area contributed by atoms with Crippen LogP contribution in [-0.4, -0.2) is 17.5 Å². The van der Waals surface area contributed by atoms with E-state index in [9.17, 15) is 4.79 Å². The zero-order chi connectivity index (χ0) is 10.6. The number of rotatable bonds is 3. The van der Waals surface area contributed by atoms with E-state index in [2.05, 4.69) is 12.2 Å². The molecule has 3 N–H and O–H groups in total. The lowest BCUT2D eigenvalue weighted by Crippen LogP contribution is -2.52. The molecule has 1 aliphatic carbocycles. The Morgan fingerprint density at radius 1 is 1.43 bits per heavy atom. The Labute approximate surface area is 86.4 Å². The van der Waals surface area contributed by atoms with E-state index in [4.69, 9.17) is 5.73 Å². The Kier molecular flexibility index (Phi) is 3.93. The van der Waals surface area contributed by atoms with Crippen molar-refractivity contribution in [2.24, 2.45) is 5.73 Å². The zero-order valence-electron chi connectivity index (χ0n) is 9.31. The zero-order valence-corrected chi connectivity index (χ0v) is 9.31. The second-order valence-electron chi connectivity index (χ2n) is 4.63. The molecule has 0 spiro atoms. The molecular weight excluding hydrogens is 176 g/mol. The number of carbonyl (C=O) groups is 1. The minimum atomic E-state index is -0.339. The maximum atomic E-state index is 11.6. The highest BCUT2D eigenvalue weighted by molar-refractivity contribution is 5.82. The molecule has 1 rings (SSSR count). The maximum absolute atomic E-state index is 11.6. The monoisotopic (exact) mass is 198 g/mol. The highest BCUT2D eigenvalue weighted by Crippen LogP contribution is 2.27. The topological polar surface area (TPSA) is 55.1 Å². The van der Waals surface area contributed by atoms with E-state index in [1.54, 1.807) is 0 Å². The molecule has 1 fully saturated rings. The molecule has 0 bridgehead atoms. The summed E-state index contributed by atoms with van der Waals surface area (Å²) in [6, 6.07) is -0.339. The molecule has 0 saturated heterocycles. The average Bonchev–Trinajstić information content (AvgIpc) is 2.17. The van der Waals surface area contributed by atoms with E-state index in [1.165, 1.54) is 19.3 Å². The Hall–Kier alpha value is -0.570. The predicted molar refractivity (Wildman–Crippen MR) is 57.9 cm³/mol. The van der Waals surface area contributed by atoms with Gasteiger partial charge in [-0.1, -0.05) is 26.2 Å². The van der Waals surface area contributed by atoms with E-state index in [-0.39, 0.29) is 17.5 Å². The van der Waals surface area contributed by atoms with Crippen molar-refractivity contribution in [1.82, 2.24) is 5.32 Å². The van der Waals surface area contributed by atoms with Gasteiger partial charge in [-0.3, -0.25) is 4.79 Å². The van der Waals surface area contributed by atoms with Crippen LogP contribution in [0.3, 0.4) is 0 Å². The highest BCUT2D eigenvalue weighted by atomic mass is 16.2. The van der Waals surface area contributed by atoms with Crippen LogP contribution < -0.4 is 11.1 Å². The number of nitrogens with two attached hydrogens (primary N) is 1. The van der Waals surface area contributed by atoms with Gasteiger partial charge in [0.05, 0.1) is 6.04 Å². The molecule has 0 aromatic rings. The standard InChI is InChI=1S/C11H22N2O/c1-3-9(12)10(14)13-11(2)7-5-4-6-8-11/h9H,3-8,12H2,1-2H3,(H,13,14). The summed E-state index contributed by atoms with van der Waals surface area (Å²) >= 11 is 0. The SMILES string of the molecule is CCC(N)C(=O)NC1(C)CCCCC1. The molecule has 1 saturated carbocycles. The van der Waals surface area contributed by atoms with E-state index < -0.39 is 0 Å². The molecule has 14 heavy (non-hydrogen) atoms. The van der Waals surface area contributed by atoms with Gasteiger partial charge in [-0.2, -0.15) is 0 Å². The fourth-order valence-corrected chi connectivity index (χ4v) is 2.03. The summed E-state index contributed by atoms with van der Waals surface area (Å²) in [7, 11) is 0. The Morgan fingerprint density at radius 2 is 2.00 bits per heavy atom. The quantitative estimate of drug-likeness (QED) is 0.723. The molecule has 0 radical (unpaired) electrons. The van der Waals surface area contributed by atoms with Gasteiger partial charge in [0, 0.05) is 5.54 Å². The van der Waals surface area contributed by atoms with Crippen molar-refractivity contribution in [1.29, 1.82) is 0 Å². The first kappa shape index (κ1) is 11.5. The number of hydrogen-bond donors (Lipinski definition) is 2. The Bertz CT molecular complexity index is 197. The maximum Gasteiger partial charge on any atom is 0.237 e. The summed E-state index contributed by atoms with van der Waals surface area (Å²) in [5, 5.41) is 3.08. The number of carbonyl (C=O) groups excluding carboxylic acids is 1. The molecule has 82 valence electrons. The van der Waals surface area contributed by atoms with Crippen molar-refractivity contribution in [2.75, 3.05) is 0 Å². The largest absolute Gasteiger partial charge is 0.350 e. The van der Waals surface area contributed by atoms with Gasteiger partial charge in [-0.25, -0.2) is 0 Å². The second-order valence-corrected chi connectivity index (χ2v) is 4.63. The molecule has 0 aliphatic heterocycles. The molecule has 1 unspecified atom stereocenters. The molecule has 3 heteroatoms. The van der Waals surface area contributed by atoms with Crippen LogP contribution >= 0.6 is 0 Å². The minimum absolute atomic E-state index is 0.00211. The normalized spacial score (nSPS) is 22.8. The molecule has 1 aliphatic rings. The van der Waals surface area contributed by atoms with Crippen LogP contribution in [0.4, 0.5) is 0 Å². The van der Waals surface area contributed by atoms with Crippen LogP contribution in [0.5, 0.6) is 0 Å². The van der Waals surface area contributed by atoms with Crippen LogP contribution in [0.25, 0.3) is 0 Å². The number of hydrogen-bond acceptors (Lipinski definition) is 2. The fraction of sp³-hybridized carbons (Fsp3) is 0.909. The first-order valence-corrected chi connectivity index (χ1v) is 5.65. The number of nitrogens with one attached hydrogen (secondary N) is 1. The molecule has 0 heterocycles. The van der Waals surface area contributed by atoms with Crippen LogP contribution in [0.15, 0.2) is 0 Å². The van der Waals surface area contributed by atoms with Gasteiger partial charge in [0.1, 0.15) is 0 Å². The van der Waals surface area contributed by atoms with Gasteiger partial charge >= 0.3 is 0 Å². The molecule has 3 nitrogen and oxygen atoms in total. The van der Waals surface area contributed by atoms with Crippen molar-refractivity contribution in [3.05, 3.63) is 0 Å². The van der Waals surface area contributed by atoms with Crippen molar-refractivity contribution in [3.63, 3.8) is 0 Å². The van der Waals surface area contributed by atoms with Crippen molar-refractivity contribution in [3.8, 4) is 0 Å². The van der Waals surface area contributed by atoms with E-state index >= 15 is 0 Å². The van der Waals surface area contributed by atoms with Gasteiger partial charge in [-0.05, 0) is 26.2 Å². The first-order chi connectivity index (χ1) is 6.57. The predicted octanol–water partition coefficient (Wildman–Crippen LogP) is 1.56. The molecule has 1 amide bonds. The Balaban J connectivity index is 2.44. The van der Waals surface area contributed by atoms with Gasteiger partial charge in [-0.15, -0.1) is 0 Å². The molecular formula is C11H22N2O. The van der Waals surface area contributed by atoms with Crippen LogP contribution in [0.1, 0.15) is 52.4 Å². The van der Waals surface area contributed by atoms with E-state index in [0.29, 0.717) is 6.42 Å².